The van der Waals surface area contributed by atoms with Crippen LogP contribution in [0.2, 0.25) is 0 Å². The molecule has 0 spiro atoms. The van der Waals surface area contributed by atoms with Crippen molar-refractivity contribution in [3.63, 3.8) is 0 Å². The van der Waals surface area contributed by atoms with Crippen LogP contribution in [0.3, 0.4) is 0 Å². The first-order chi connectivity index (χ1) is 12.6. The van der Waals surface area contributed by atoms with E-state index in [0.717, 1.165) is 32.0 Å². The van der Waals surface area contributed by atoms with Crippen LogP contribution in [0.1, 0.15) is 22.7 Å². The van der Waals surface area contributed by atoms with Gasteiger partial charge in [0.05, 0.1) is 25.8 Å². The van der Waals surface area contributed by atoms with Crippen molar-refractivity contribution < 1.29 is 4.74 Å². The van der Waals surface area contributed by atoms with Crippen LogP contribution >= 0.6 is 24.0 Å². The topological polar surface area (TPSA) is 62.9 Å². The van der Waals surface area contributed by atoms with Crippen LogP contribution in [0.15, 0.2) is 53.5 Å². The number of morpholine rings is 1. The number of nitrogens with two attached hydrogens (primary N) is 1. The van der Waals surface area contributed by atoms with Crippen LogP contribution < -0.4 is 11.1 Å². The largest absolute Gasteiger partial charge is 0.379 e. The first-order valence-corrected chi connectivity index (χ1v) is 9.14. The van der Waals surface area contributed by atoms with E-state index in [4.69, 9.17) is 10.5 Å². The fourth-order valence-electron chi connectivity index (χ4n) is 3.29. The summed E-state index contributed by atoms with van der Waals surface area (Å²) in [6.07, 6.45) is 0. The molecule has 1 unspecified atom stereocenters. The van der Waals surface area contributed by atoms with Crippen LogP contribution in [0.25, 0.3) is 0 Å². The Balaban J connectivity index is 0.00000261. The van der Waals surface area contributed by atoms with E-state index >= 15 is 0 Å². The molecule has 146 valence electrons. The summed E-state index contributed by atoms with van der Waals surface area (Å²) in [5, 5.41) is 3.19. The molecule has 0 aromatic heterocycles. The van der Waals surface area contributed by atoms with Gasteiger partial charge in [-0.3, -0.25) is 9.89 Å². The minimum absolute atomic E-state index is 0. The lowest BCUT2D eigenvalue weighted by Gasteiger charge is -2.34. The molecule has 0 aliphatic carbocycles. The number of benzene rings is 2. The summed E-state index contributed by atoms with van der Waals surface area (Å²) in [7, 11) is 0. The number of rotatable bonds is 5. The second kappa shape index (κ2) is 10.6. The van der Waals surface area contributed by atoms with E-state index in [1.54, 1.807) is 0 Å². The number of anilines is 1. The molecule has 3 N–H and O–H groups in total. The number of nitrogens with zero attached hydrogens (tertiary/aromatic N) is 2. The quantitative estimate of drug-likeness (QED) is 0.389. The molecule has 0 amide bonds. The third-order valence-electron chi connectivity index (χ3n) is 4.64. The van der Waals surface area contributed by atoms with E-state index in [9.17, 15) is 0 Å². The minimum atomic E-state index is 0. The minimum Gasteiger partial charge on any atom is -0.379 e. The summed E-state index contributed by atoms with van der Waals surface area (Å²) < 4.78 is 5.51. The number of nitrogens with one attached hydrogen (secondary N) is 1. The molecule has 1 saturated heterocycles. The molecular formula is C21H29IN4O. The molecule has 2 aromatic rings. The summed E-state index contributed by atoms with van der Waals surface area (Å²) in [6.45, 7) is 8.17. The van der Waals surface area contributed by atoms with Crippen LogP contribution in [-0.4, -0.2) is 43.7 Å². The highest BCUT2D eigenvalue weighted by atomic mass is 127. The summed E-state index contributed by atoms with van der Waals surface area (Å²) in [6, 6.07) is 17.0. The molecule has 1 aliphatic rings. The average Bonchev–Trinajstić information content (AvgIpc) is 2.63. The monoisotopic (exact) mass is 480 g/mol. The van der Waals surface area contributed by atoms with Gasteiger partial charge in [-0.2, -0.15) is 0 Å². The Bertz CT molecular complexity index is 759. The lowest BCUT2D eigenvalue weighted by atomic mass is 10.0. The Morgan fingerprint density at radius 1 is 1.11 bits per heavy atom. The number of aryl methyl sites for hydroxylation is 2. The lowest BCUT2D eigenvalue weighted by molar-refractivity contribution is 0.0180. The van der Waals surface area contributed by atoms with Gasteiger partial charge in [0.15, 0.2) is 5.96 Å². The molecule has 0 radical (unpaired) electrons. The van der Waals surface area contributed by atoms with Gasteiger partial charge in [0, 0.05) is 18.8 Å². The highest BCUT2D eigenvalue weighted by Crippen LogP contribution is 2.23. The number of halogens is 1. The normalized spacial score (nSPS) is 16.4. The third kappa shape index (κ3) is 6.48. The zero-order valence-corrected chi connectivity index (χ0v) is 18.4. The summed E-state index contributed by atoms with van der Waals surface area (Å²) in [4.78, 5) is 7.06. The zero-order valence-electron chi connectivity index (χ0n) is 16.0. The summed E-state index contributed by atoms with van der Waals surface area (Å²) >= 11 is 0. The van der Waals surface area contributed by atoms with Gasteiger partial charge >= 0.3 is 0 Å². The fourth-order valence-corrected chi connectivity index (χ4v) is 3.29. The van der Waals surface area contributed by atoms with Crippen molar-refractivity contribution in [1.82, 2.24) is 4.90 Å². The summed E-state index contributed by atoms with van der Waals surface area (Å²) in [5.41, 5.74) is 10.8. The van der Waals surface area contributed by atoms with E-state index in [-0.39, 0.29) is 30.0 Å². The summed E-state index contributed by atoms with van der Waals surface area (Å²) in [5.74, 6) is 0.446. The molecule has 5 nitrogen and oxygen atoms in total. The SMILES string of the molecule is Cc1cccc(NC(N)=NCC(c2cccc(C)c2)N2CCOCC2)c1.I. The molecule has 1 aliphatic heterocycles. The highest BCUT2D eigenvalue weighted by molar-refractivity contribution is 14.0. The van der Waals surface area contributed by atoms with E-state index in [0.29, 0.717) is 12.5 Å². The Morgan fingerprint density at radius 2 is 1.78 bits per heavy atom. The van der Waals surface area contributed by atoms with E-state index in [2.05, 4.69) is 65.5 Å². The molecule has 27 heavy (non-hydrogen) atoms. The van der Waals surface area contributed by atoms with E-state index in [1.807, 2.05) is 12.1 Å². The maximum absolute atomic E-state index is 6.14. The molecule has 0 saturated carbocycles. The standard InChI is InChI=1S/C21H28N4O.HI/c1-16-5-3-7-18(13-16)20(25-9-11-26-12-10-25)15-23-21(22)24-19-8-4-6-17(2)14-19;/h3-8,13-14,20H,9-12,15H2,1-2H3,(H3,22,23,24);1H. The first-order valence-electron chi connectivity index (χ1n) is 9.14. The van der Waals surface area contributed by atoms with Crippen molar-refractivity contribution >= 4 is 35.6 Å². The molecule has 3 rings (SSSR count). The van der Waals surface area contributed by atoms with Gasteiger partial charge < -0.3 is 15.8 Å². The molecule has 0 bridgehead atoms. The number of aliphatic imine (C=N–C) groups is 1. The fraction of sp³-hybridized carbons (Fsp3) is 0.381. The second-order valence-electron chi connectivity index (χ2n) is 6.80. The van der Waals surface area contributed by atoms with Gasteiger partial charge in [0.25, 0.3) is 0 Å². The van der Waals surface area contributed by atoms with Crippen molar-refractivity contribution in [3.05, 3.63) is 65.2 Å². The van der Waals surface area contributed by atoms with Gasteiger partial charge in [-0.25, -0.2) is 0 Å². The smallest absolute Gasteiger partial charge is 0.193 e. The van der Waals surface area contributed by atoms with Crippen LogP contribution in [0.5, 0.6) is 0 Å². The van der Waals surface area contributed by atoms with Gasteiger partial charge in [0.1, 0.15) is 0 Å². The predicted octanol–water partition coefficient (Wildman–Crippen LogP) is 3.72. The van der Waals surface area contributed by atoms with E-state index < -0.39 is 0 Å². The molecular weight excluding hydrogens is 451 g/mol. The van der Waals surface area contributed by atoms with Gasteiger partial charge in [0.2, 0.25) is 0 Å². The Kier molecular flexibility index (Phi) is 8.53. The van der Waals surface area contributed by atoms with Crippen molar-refractivity contribution in [2.75, 3.05) is 38.2 Å². The number of ether oxygens (including phenoxy) is 1. The molecule has 1 atom stereocenters. The van der Waals surface area contributed by atoms with Crippen LogP contribution in [-0.2, 0) is 4.74 Å². The zero-order chi connectivity index (χ0) is 18.4. The number of guanidine groups is 1. The number of hydrogen-bond donors (Lipinski definition) is 2. The first kappa shape index (κ1) is 21.7. The highest BCUT2D eigenvalue weighted by Gasteiger charge is 2.22. The lowest BCUT2D eigenvalue weighted by Crippen LogP contribution is -2.40. The van der Waals surface area contributed by atoms with Gasteiger partial charge in [-0.05, 0) is 37.1 Å². The third-order valence-corrected chi connectivity index (χ3v) is 4.64. The second-order valence-corrected chi connectivity index (χ2v) is 6.80. The van der Waals surface area contributed by atoms with Crippen molar-refractivity contribution in [3.8, 4) is 0 Å². The predicted molar refractivity (Wildman–Crippen MR) is 123 cm³/mol. The van der Waals surface area contributed by atoms with Crippen molar-refractivity contribution in [2.24, 2.45) is 10.7 Å². The molecule has 2 aromatic carbocycles. The maximum atomic E-state index is 6.14. The van der Waals surface area contributed by atoms with Crippen molar-refractivity contribution in [2.45, 2.75) is 19.9 Å². The number of hydrogen-bond acceptors (Lipinski definition) is 3. The molecule has 6 heteroatoms. The Morgan fingerprint density at radius 3 is 2.44 bits per heavy atom. The molecule has 1 heterocycles. The van der Waals surface area contributed by atoms with Crippen LogP contribution in [0, 0.1) is 13.8 Å². The Labute approximate surface area is 179 Å². The Hall–Kier alpha value is -1.64. The maximum Gasteiger partial charge on any atom is 0.193 e. The van der Waals surface area contributed by atoms with Gasteiger partial charge in [-0.1, -0.05) is 42.0 Å². The molecule has 1 fully saturated rings. The van der Waals surface area contributed by atoms with Crippen LogP contribution in [0.4, 0.5) is 5.69 Å². The van der Waals surface area contributed by atoms with Gasteiger partial charge in [-0.15, -0.1) is 24.0 Å². The van der Waals surface area contributed by atoms with E-state index in [1.165, 1.54) is 16.7 Å². The van der Waals surface area contributed by atoms with Crippen molar-refractivity contribution in [1.29, 1.82) is 0 Å². The average molecular weight is 480 g/mol.